The van der Waals surface area contributed by atoms with Crippen molar-refractivity contribution in [3.63, 3.8) is 0 Å². The third kappa shape index (κ3) is 6.15. The van der Waals surface area contributed by atoms with Crippen LogP contribution in [0.2, 0.25) is 0 Å². The Morgan fingerprint density at radius 3 is 2.26 bits per heavy atom. The molecule has 5 aliphatic rings. The molecule has 6 aromatic carbocycles. The molecule has 0 bridgehead atoms. The molecule has 336 valence electrons. The molecule has 0 radical (unpaired) electrons. The van der Waals surface area contributed by atoms with Crippen molar-refractivity contribution in [2.24, 2.45) is 5.92 Å². The van der Waals surface area contributed by atoms with Crippen molar-refractivity contribution in [1.82, 2.24) is 13.7 Å². The average Bonchev–Trinajstić information content (AvgIpc) is 4.17. The highest BCUT2D eigenvalue weighted by Gasteiger charge is 2.30. The number of benzene rings is 6. The Morgan fingerprint density at radius 1 is 0.543 bits per heavy atom. The lowest BCUT2D eigenvalue weighted by Gasteiger charge is -2.26. The van der Waals surface area contributed by atoms with Gasteiger partial charge in [0.05, 0.1) is 11.6 Å². The fraction of sp³-hybridized carbons (Fsp3) is 0.152. The highest BCUT2D eigenvalue weighted by Crippen LogP contribution is 2.44. The molecule has 0 N–H and O–H groups in total. The lowest BCUT2D eigenvalue weighted by Crippen LogP contribution is -2.33. The van der Waals surface area contributed by atoms with E-state index in [2.05, 4.69) is 214 Å². The van der Waals surface area contributed by atoms with Crippen molar-refractivity contribution >= 4 is 74.1 Å². The van der Waals surface area contributed by atoms with E-state index in [9.17, 15) is 0 Å². The first-order valence-electron chi connectivity index (χ1n) is 25.4. The molecule has 0 saturated carbocycles. The van der Waals surface area contributed by atoms with Crippen molar-refractivity contribution in [2.45, 2.75) is 56.9 Å². The van der Waals surface area contributed by atoms with Crippen LogP contribution in [0.1, 0.15) is 77.0 Å². The van der Waals surface area contributed by atoms with Crippen molar-refractivity contribution in [3.8, 4) is 22.5 Å². The summed E-state index contributed by atoms with van der Waals surface area (Å²) >= 11 is 0. The van der Waals surface area contributed by atoms with Gasteiger partial charge in [0.1, 0.15) is 11.2 Å². The van der Waals surface area contributed by atoms with Gasteiger partial charge in [0.25, 0.3) is 0 Å². The van der Waals surface area contributed by atoms with Gasteiger partial charge >= 0.3 is 0 Å². The molecule has 0 amide bonds. The van der Waals surface area contributed by atoms with Crippen LogP contribution in [-0.4, -0.2) is 13.7 Å². The summed E-state index contributed by atoms with van der Waals surface area (Å²) in [4.78, 5) is 0. The van der Waals surface area contributed by atoms with Crippen LogP contribution in [-0.2, 0) is 19.3 Å². The van der Waals surface area contributed by atoms with Gasteiger partial charge in [-0.2, -0.15) is 0 Å². The third-order valence-electron chi connectivity index (χ3n) is 16.3. The summed E-state index contributed by atoms with van der Waals surface area (Å²) in [5.74, 6) is 0.622. The molecular weight excluding hydrogens is 851 g/mol. The minimum atomic E-state index is 0.294. The number of hydrogen-bond donors (Lipinski definition) is 0. The molecule has 3 unspecified atom stereocenters. The molecule has 5 aliphatic carbocycles. The minimum Gasteiger partial charge on any atom is -0.456 e. The lowest BCUT2D eigenvalue weighted by molar-refractivity contribution is 0.589. The van der Waals surface area contributed by atoms with E-state index in [0.29, 0.717) is 17.9 Å². The monoisotopic (exact) mass is 901 g/mol. The SMILES string of the molecule is C1=CCC(n2c3c(c4ccccc42)C=C(C2C=Cc4c(c5cc(C6C=c7c8c(n(-c9ccccc9)c7=CC6)C=CCC8)ccc5n4-c4ccc(-c5ccc6oc7ccccc7c6c5)cc4)C2)CC3)C=C1. The largest absolute Gasteiger partial charge is 0.456 e. The highest BCUT2D eigenvalue weighted by molar-refractivity contribution is 6.06. The maximum absolute atomic E-state index is 6.18. The first-order valence-corrected chi connectivity index (χ1v) is 25.4. The first kappa shape index (κ1) is 39.9. The van der Waals surface area contributed by atoms with E-state index in [1.165, 1.54) is 94.2 Å². The second kappa shape index (κ2) is 15.7. The van der Waals surface area contributed by atoms with Crippen molar-refractivity contribution in [2.75, 3.05) is 0 Å². The van der Waals surface area contributed by atoms with E-state index in [-0.39, 0.29) is 0 Å². The van der Waals surface area contributed by atoms with Gasteiger partial charge in [-0.15, -0.1) is 0 Å². The summed E-state index contributed by atoms with van der Waals surface area (Å²) in [7, 11) is 0. The predicted octanol–water partition coefficient (Wildman–Crippen LogP) is 14.9. The Bertz CT molecular complexity index is 4100. The molecule has 15 rings (SSSR count). The van der Waals surface area contributed by atoms with E-state index >= 15 is 0 Å². The number of para-hydroxylation sites is 3. The maximum Gasteiger partial charge on any atom is 0.135 e. The van der Waals surface area contributed by atoms with E-state index in [4.69, 9.17) is 4.42 Å². The van der Waals surface area contributed by atoms with Crippen LogP contribution < -0.4 is 10.6 Å². The molecule has 10 aromatic rings. The highest BCUT2D eigenvalue weighted by atomic mass is 16.3. The fourth-order valence-electron chi connectivity index (χ4n) is 13.0. The fourth-order valence-corrected chi connectivity index (χ4v) is 13.0. The van der Waals surface area contributed by atoms with E-state index < -0.39 is 0 Å². The van der Waals surface area contributed by atoms with Crippen LogP contribution in [0.3, 0.4) is 0 Å². The number of allylic oxidation sites excluding steroid dienone is 7. The molecule has 0 fully saturated rings. The first-order chi connectivity index (χ1) is 34.7. The zero-order valence-electron chi connectivity index (χ0n) is 39.1. The zero-order valence-corrected chi connectivity index (χ0v) is 39.1. The van der Waals surface area contributed by atoms with Gasteiger partial charge in [0.2, 0.25) is 0 Å². The molecule has 0 spiro atoms. The second-order valence-electron chi connectivity index (χ2n) is 20.1. The van der Waals surface area contributed by atoms with Gasteiger partial charge in [-0.3, -0.25) is 0 Å². The van der Waals surface area contributed by atoms with Crippen molar-refractivity contribution in [3.05, 3.63) is 231 Å². The number of hydrogen-bond acceptors (Lipinski definition) is 1. The van der Waals surface area contributed by atoms with Crippen LogP contribution in [0.4, 0.5) is 0 Å². The molecule has 4 heteroatoms. The maximum atomic E-state index is 6.18. The van der Waals surface area contributed by atoms with E-state index in [0.717, 1.165) is 66.9 Å². The zero-order chi connectivity index (χ0) is 45.9. The predicted molar refractivity (Wildman–Crippen MR) is 291 cm³/mol. The number of nitrogens with zero attached hydrogens (tertiary/aromatic N) is 3. The van der Waals surface area contributed by atoms with Crippen molar-refractivity contribution < 1.29 is 4.42 Å². The van der Waals surface area contributed by atoms with Gasteiger partial charge in [-0.25, -0.2) is 0 Å². The standard InChI is InChI=1S/C66H51N3O/c1-3-13-48(14-4-1)67-59-20-10-7-17-51(59)54-37-44(25-32-61(54)67)46-27-34-63-56(39-46)57-40-47(45-26-33-62-55(38-45)52-18-8-11-21-60(52)68(62)49-15-5-2-6-16-49)28-35-64(57)69(63)50-30-23-42(24-31-50)43-29-36-66-58(41-43)53-19-9-12-22-65(53)70-66/h1-7,9-13,15-17,19-24,27-31,33-38,40-41,45-46,48H,8,14,18,25-26,32,39H2. The van der Waals surface area contributed by atoms with Gasteiger partial charge in [-0.05, 0) is 146 Å². The molecule has 4 heterocycles. The van der Waals surface area contributed by atoms with E-state index in [1.807, 2.05) is 6.07 Å². The molecule has 4 aromatic heterocycles. The molecule has 3 atom stereocenters. The Hall–Kier alpha value is -8.08. The number of rotatable bonds is 6. The van der Waals surface area contributed by atoms with Crippen molar-refractivity contribution in [1.29, 1.82) is 0 Å². The molecule has 70 heavy (non-hydrogen) atoms. The van der Waals surface area contributed by atoms with Crippen LogP contribution in [0, 0.1) is 5.92 Å². The topological polar surface area (TPSA) is 27.9 Å². The minimum absolute atomic E-state index is 0.294. The Kier molecular flexibility index (Phi) is 8.96. The Morgan fingerprint density at radius 2 is 1.36 bits per heavy atom. The number of fused-ring (bicyclic) bond motifs is 12. The van der Waals surface area contributed by atoms with Gasteiger partial charge in [0.15, 0.2) is 0 Å². The number of aromatic nitrogens is 3. The molecular formula is C66H51N3O. The van der Waals surface area contributed by atoms with Crippen LogP contribution in [0.25, 0.3) is 96.6 Å². The quantitative estimate of drug-likeness (QED) is 0.163. The normalized spacial score (nSPS) is 19.0. The Labute approximate surface area is 407 Å². The van der Waals surface area contributed by atoms with Crippen LogP contribution in [0.15, 0.2) is 186 Å². The average molecular weight is 902 g/mol. The summed E-state index contributed by atoms with van der Waals surface area (Å²) in [6.45, 7) is 0. The van der Waals surface area contributed by atoms with E-state index in [1.54, 1.807) is 5.57 Å². The summed E-state index contributed by atoms with van der Waals surface area (Å²) in [6, 6.07) is 51.9. The smallest absolute Gasteiger partial charge is 0.135 e. The molecule has 0 saturated heterocycles. The third-order valence-corrected chi connectivity index (χ3v) is 16.3. The number of furan rings is 1. The van der Waals surface area contributed by atoms with Crippen LogP contribution in [0.5, 0.6) is 0 Å². The molecule has 0 aliphatic heterocycles. The van der Waals surface area contributed by atoms with Crippen LogP contribution >= 0.6 is 0 Å². The summed E-state index contributed by atoms with van der Waals surface area (Å²) in [5.41, 5.74) is 20.7. The van der Waals surface area contributed by atoms with Gasteiger partial charge in [-0.1, -0.05) is 139 Å². The van der Waals surface area contributed by atoms with Gasteiger partial charge < -0.3 is 18.1 Å². The lowest BCUT2D eigenvalue weighted by atomic mass is 9.81. The second-order valence-corrected chi connectivity index (χ2v) is 20.1. The summed E-state index contributed by atoms with van der Waals surface area (Å²) in [5, 5.41) is 7.82. The van der Waals surface area contributed by atoms with Gasteiger partial charge in [0, 0.05) is 83.5 Å². The molecule has 4 nitrogen and oxygen atoms in total. The summed E-state index contributed by atoms with van der Waals surface area (Å²) < 4.78 is 13.8. The Balaban J connectivity index is 0.844. The summed E-state index contributed by atoms with van der Waals surface area (Å²) in [6.07, 6.45) is 33.7.